The topological polar surface area (TPSA) is 307 Å². The van der Waals surface area contributed by atoms with Gasteiger partial charge in [0.2, 0.25) is 5.91 Å². The molecule has 0 aliphatic carbocycles. The van der Waals surface area contributed by atoms with Crippen LogP contribution >= 0.6 is 0 Å². The first kappa shape index (κ1) is 109. The Morgan fingerprint density at radius 3 is 0.923 bits per heavy atom. The lowest BCUT2D eigenvalue weighted by Crippen LogP contribution is -2.66. The highest BCUT2D eigenvalue weighted by molar-refractivity contribution is 5.76. The van der Waals surface area contributed by atoms with E-state index in [1.54, 1.807) is 6.08 Å². The fourth-order valence-corrected chi connectivity index (χ4v) is 16.6. The highest BCUT2D eigenvalue weighted by Gasteiger charge is 2.54. The van der Waals surface area contributed by atoms with Gasteiger partial charge in [0.25, 0.3) is 0 Å². The third-order valence-electron chi connectivity index (χ3n) is 24.3. The maximum atomic E-state index is 13.6. The van der Waals surface area contributed by atoms with Crippen molar-refractivity contribution in [2.75, 3.05) is 26.4 Å². The third kappa shape index (κ3) is 54.8. The molecule has 117 heavy (non-hydrogen) atoms. The highest BCUT2D eigenvalue weighted by Crippen LogP contribution is 2.34. The van der Waals surface area contributed by atoms with Gasteiger partial charge in [-0.1, -0.05) is 421 Å². The Labute approximate surface area is 713 Å². The zero-order chi connectivity index (χ0) is 84.5. The minimum absolute atomic E-state index is 0.247. The Morgan fingerprint density at radius 2 is 0.590 bits per heavy atom. The smallest absolute Gasteiger partial charge is 0.220 e. The molecule has 17 atom stereocenters. The molecule has 0 saturated carbocycles. The Kier molecular flexibility index (Phi) is 71.6. The van der Waals surface area contributed by atoms with Gasteiger partial charge >= 0.3 is 0 Å². The molecule has 3 rings (SSSR count). The molecule has 0 aromatic carbocycles. The number of hydrogen-bond donors (Lipinski definition) is 12. The van der Waals surface area contributed by atoms with E-state index in [0.717, 1.165) is 70.6 Å². The Bertz CT molecular complexity index is 2340. The lowest BCUT2D eigenvalue weighted by Gasteiger charge is -2.48. The molecule has 17 unspecified atom stereocenters. The van der Waals surface area contributed by atoms with Crippen LogP contribution in [0.5, 0.6) is 0 Å². The molecule has 0 spiro atoms. The van der Waals surface area contributed by atoms with Crippen LogP contribution in [0.2, 0.25) is 0 Å². The predicted molar refractivity (Wildman–Crippen MR) is 475 cm³/mol. The van der Waals surface area contributed by atoms with Crippen LogP contribution < -0.4 is 5.32 Å². The fraction of sp³-hybridized carbons (Fsp3) is 0.888. The number of nitrogens with one attached hydrogen (secondary N) is 1. The largest absolute Gasteiger partial charge is 0.394 e. The zero-order valence-corrected chi connectivity index (χ0v) is 74.4. The van der Waals surface area contributed by atoms with Crippen LogP contribution in [0, 0.1) is 0 Å². The third-order valence-corrected chi connectivity index (χ3v) is 24.3. The number of aliphatic hydroxyl groups excluding tert-OH is 11. The van der Waals surface area contributed by atoms with E-state index < -0.39 is 124 Å². The first-order valence-corrected chi connectivity index (χ1v) is 49.0. The predicted octanol–water partition coefficient (Wildman–Crippen LogP) is 20.1. The maximum Gasteiger partial charge on any atom is 0.220 e. The standard InChI is InChI=1S/C98H181NO18/c1-3-5-7-9-11-13-15-17-19-21-23-25-27-29-31-33-35-37-38-39-40-41-42-44-46-48-50-52-54-56-58-60-62-64-66-68-70-72-74-76-86(104)99-81(82(103)75-73-71-69-67-65-63-61-59-57-55-53-51-49-47-45-43-36-34-32-30-28-26-24-22-20-18-16-14-12-10-8-6-4-2)80-112-96-92(110)89(107)94(84(78-101)114-96)117-98-93(111)90(108)95(85(79-102)115-98)116-97-91(109)88(106)87(105)83(77-100)113-97/h5,7,11,13,17,19,23,25,73,75,81-85,87-98,100-103,105-111H,3-4,6,8-10,12,14-16,18,20-22,24,26-72,74,76-80H2,1-2H3,(H,99,104)/b7-5-,13-11-,19-17-,25-23-,75-73+. The van der Waals surface area contributed by atoms with Crippen LogP contribution in [0.15, 0.2) is 60.8 Å². The summed E-state index contributed by atoms with van der Waals surface area (Å²) in [7, 11) is 0. The maximum absolute atomic E-state index is 13.6. The van der Waals surface area contributed by atoms with Crippen LogP contribution in [0.3, 0.4) is 0 Å². The van der Waals surface area contributed by atoms with Crippen molar-refractivity contribution in [1.82, 2.24) is 5.32 Å². The zero-order valence-electron chi connectivity index (χ0n) is 74.4. The molecule has 3 aliphatic heterocycles. The van der Waals surface area contributed by atoms with Gasteiger partial charge in [0.05, 0.1) is 38.6 Å². The molecule has 3 aliphatic rings. The SMILES string of the molecule is CC/C=C\C/C=C\C/C=C\C/C=C\CCCCCCCCCCCCCCCCCCCCCCCCCCCCC(=O)NC(COC1OC(CO)C(OC2OC(CO)C(OC3OC(CO)C(O)C(O)C3O)C(O)C2O)C(O)C1O)C(O)/C=C/CCCCCCCCCCCCCCCCCCCCCCCCCCCCCCCCC. The lowest BCUT2D eigenvalue weighted by molar-refractivity contribution is -0.379. The molecule has 0 aromatic heterocycles. The Hall–Kier alpha value is -2.51. The van der Waals surface area contributed by atoms with Gasteiger partial charge in [-0.3, -0.25) is 4.79 Å². The van der Waals surface area contributed by atoms with Crippen molar-refractivity contribution in [3.05, 3.63) is 60.8 Å². The summed E-state index contributed by atoms with van der Waals surface area (Å²) in [5.74, 6) is -0.266. The Morgan fingerprint density at radius 1 is 0.316 bits per heavy atom. The van der Waals surface area contributed by atoms with E-state index in [2.05, 4.69) is 67.8 Å². The van der Waals surface area contributed by atoms with Gasteiger partial charge < -0.3 is 89.9 Å². The van der Waals surface area contributed by atoms with E-state index in [-0.39, 0.29) is 18.9 Å². The van der Waals surface area contributed by atoms with Crippen LogP contribution in [-0.4, -0.2) is 193 Å². The van der Waals surface area contributed by atoms with Crippen LogP contribution in [0.25, 0.3) is 0 Å². The molecule has 12 N–H and O–H groups in total. The molecule has 3 fully saturated rings. The average molecular weight is 1660 g/mol. The van der Waals surface area contributed by atoms with Crippen molar-refractivity contribution >= 4 is 5.91 Å². The summed E-state index contributed by atoms with van der Waals surface area (Å²) in [6.07, 6.45) is 76.9. The van der Waals surface area contributed by atoms with Gasteiger partial charge in [0, 0.05) is 6.42 Å². The number of carbonyl (C=O) groups excluding carboxylic acids is 1. The van der Waals surface area contributed by atoms with Crippen LogP contribution in [0.4, 0.5) is 0 Å². The molecular weight excluding hydrogens is 1480 g/mol. The first-order chi connectivity index (χ1) is 57.3. The van der Waals surface area contributed by atoms with E-state index in [1.165, 1.54) is 327 Å². The van der Waals surface area contributed by atoms with Crippen molar-refractivity contribution in [3.8, 4) is 0 Å². The second kappa shape index (κ2) is 77.1. The van der Waals surface area contributed by atoms with Gasteiger partial charge in [0.1, 0.15) is 73.2 Å². The van der Waals surface area contributed by atoms with Crippen molar-refractivity contribution in [2.45, 2.75) is 529 Å². The number of amides is 1. The average Bonchev–Trinajstić information content (AvgIpc) is 0.777. The van der Waals surface area contributed by atoms with Crippen molar-refractivity contribution in [3.63, 3.8) is 0 Å². The molecule has 3 heterocycles. The molecule has 0 bridgehead atoms. The summed E-state index contributed by atoms with van der Waals surface area (Å²) < 4.78 is 34.6. The molecule has 3 saturated heterocycles. The first-order valence-electron chi connectivity index (χ1n) is 49.0. The number of carbonyl (C=O) groups is 1. The monoisotopic (exact) mass is 1660 g/mol. The summed E-state index contributed by atoms with van der Waals surface area (Å²) in [5, 5.41) is 121. The summed E-state index contributed by atoms with van der Waals surface area (Å²) >= 11 is 0. The molecular formula is C98H181NO18. The number of ether oxygens (including phenoxy) is 6. The molecule has 19 nitrogen and oxygen atoms in total. The van der Waals surface area contributed by atoms with Gasteiger partial charge in [-0.2, -0.15) is 0 Å². The number of hydrogen-bond acceptors (Lipinski definition) is 18. The van der Waals surface area contributed by atoms with E-state index in [9.17, 15) is 61.0 Å². The summed E-state index contributed by atoms with van der Waals surface area (Å²) in [6.45, 7) is 1.70. The number of aliphatic hydroxyl groups is 11. The molecule has 19 heteroatoms. The van der Waals surface area contributed by atoms with E-state index in [4.69, 9.17) is 28.4 Å². The second-order valence-corrected chi connectivity index (χ2v) is 34.9. The normalized spacial score (nSPS) is 24.6. The minimum Gasteiger partial charge on any atom is -0.394 e. The molecule has 0 radical (unpaired) electrons. The Balaban J connectivity index is 1.29. The van der Waals surface area contributed by atoms with Crippen molar-refractivity contribution in [1.29, 1.82) is 0 Å². The van der Waals surface area contributed by atoms with Gasteiger partial charge in [-0.15, -0.1) is 0 Å². The van der Waals surface area contributed by atoms with Gasteiger partial charge in [-0.05, 0) is 57.8 Å². The van der Waals surface area contributed by atoms with Crippen molar-refractivity contribution in [2.24, 2.45) is 0 Å². The molecule has 0 aromatic rings. The second-order valence-electron chi connectivity index (χ2n) is 34.9. The number of unbranched alkanes of at least 4 members (excludes halogenated alkanes) is 57. The summed E-state index contributed by atoms with van der Waals surface area (Å²) in [6, 6.07) is -0.975. The van der Waals surface area contributed by atoms with Gasteiger partial charge in [0.15, 0.2) is 18.9 Å². The van der Waals surface area contributed by atoms with E-state index in [0.29, 0.717) is 6.42 Å². The van der Waals surface area contributed by atoms with Crippen LogP contribution in [0.1, 0.15) is 425 Å². The number of allylic oxidation sites excluding steroid dienone is 9. The number of rotatable bonds is 81. The lowest BCUT2D eigenvalue weighted by atomic mass is 9.96. The van der Waals surface area contributed by atoms with Crippen LogP contribution in [-0.2, 0) is 33.2 Å². The molecule has 1 amide bonds. The highest BCUT2D eigenvalue weighted by atomic mass is 16.8. The van der Waals surface area contributed by atoms with E-state index >= 15 is 0 Å². The summed E-state index contributed by atoms with van der Waals surface area (Å²) in [4.78, 5) is 13.6. The van der Waals surface area contributed by atoms with E-state index in [1.807, 2.05) is 6.08 Å². The summed E-state index contributed by atoms with van der Waals surface area (Å²) in [5.41, 5.74) is 0. The van der Waals surface area contributed by atoms with Gasteiger partial charge in [-0.25, -0.2) is 0 Å². The minimum atomic E-state index is -1.98. The van der Waals surface area contributed by atoms with Crippen molar-refractivity contribution < 1.29 is 89.4 Å². The molecule has 686 valence electrons. The quantitative estimate of drug-likeness (QED) is 0.0199. The fourth-order valence-electron chi connectivity index (χ4n) is 16.6.